The molecular formula is C24H24N2O3. The van der Waals surface area contributed by atoms with Crippen molar-refractivity contribution in [2.75, 3.05) is 25.6 Å². The van der Waals surface area contributed by atoms with Gasteiger partial charge < -0.3 is 19.7 Å². The van der Waals surface area contributed by atoms with Gasteiger partial charge in [-0.05, 0) is 35.4 Å². The van der Waals surface area contributed by atoms with Crippen LogP contribution in [0, 0.1) is 0 Å². The van der Waals surface area contributed by atoms with Crippen LogP contribution >= 0.6 is 0 Å². The van der Waals surface area contributed by atoms with Crippen molar-refractivity contribution in [1.82, 2.24) is 4.90 Å². The molecule has 0 aromatic heterocycles. The second-order valence-electron chi connectivity index (χ2n) is 6.92. The Morgan fingerprint density at radius 3 is 2.55 bits per heavy atom. The average molecular weight is 388 g/mol. The van der Waals surface area contributed by atoms with E-state index < -0.39 is 0 Å². The molecule has 1 aliphatic heterocycles. The number of ether oxygens (including phenoxy) is 2. The summed E-state index contributed by atoms with van der Waals surface area (Å²) < 4.78 is 10.8. The summed E-state index contributed by atoms with van der Waals surface area (Å²) in [6, 6.07) is 25.5. The molecule has 3 aromatic rings. The van der Waals surface area contributed by atoms with Crippen molar-refractivity contribution < 1.29 is 14.3 Å². The fraction of sp³-hybridized carbons (Fsp3) is 0.208. The Morgan fingerprint density at radius 2 is 1.72 bits per heavy atom. The van der Waals surface area contributed by atoms with Gasteiger partial charge >= 0.3 is 0 Å². The predicted molar refractivity (Wildman–Crippen MR) is 113 cm³/mol. The zero-order valence-corrected chi connectivity index (χ0v) is 16.4. The summed E-state index contributed by atoms with van der Waals surface area (Å²) in [6.45, 7) is 1.52. The van der Waals surface area contributed by atoms with Crippen LogP contribution in [0.15, 0.2) is 78.9 Å². The van der Waals surface area contributed by atoms with Gasteiger partial charge in [-0.2, -0.15) is 0 Å². The maximum atomic E-state index is 13.3. The number of hydrogen-bond acceptors (Lipinski definition) is 4. The maximum Gasteiger partial charge on any atom is 0.258 e. The van der Waals surface area contributed by atoms with Gasteiger partial charge in [-0.3, -0.25) is 4.79 Å². The van der Waals surface area contributed by atoms with Gasteiger partial charge in [-0.1, -0.05) is 54.6 Å². The van der Waals surface area contributed by atoms with E-state index >= 15 is 0 Å². The molecule has 0 aliphatic carbocycles. The molecule has 1 aliphatic rings. The third kappa shape index (κ3) is 4.25. The number of carbonyl (C=O) groups is 1. The number of nitrogens with one attached hydrogen (secondary N) is 1. The maximum absolute atomic E-state index is 13.3. The summed E-state index contributed by atoms with van der Waals surface area (Å²) in [6.07, 6.45) is -0.288. The molecule has 0 spiro atoms. The van der Waals surface area contributed by atoms with Crippen LogP contribution in [-0.4, -0.2) is 31.1 Å². The van der Waals surface area contributed by atoms with E-state index in [1.54, 1.807) is 7.11 Å². The smallest absolute Gasteiger partial charge is 0.258 e. The molecule has 1 N–H and O–H groups in total. The van der Waals surface area contributed by atoms with Gasteiger partial charge in [0.25, 0.3) is 5.91 Å². The van der Waals surface area contributed by atoms with Crippen molar-refractivity contribution in [3.8, 4) is 5.75 Å². The third-order valence-corrected chi connectivity index (χ3v) is 4.95. The van der Waals surface area contributed by atoms with Crippen LogP contribution in [0.25, 0.3) is 0 Å². The highest BCUT2D eigenvalue weighted by Crippen LogP contribution is 2.35. The number of para-hydroxylation sites is 1. The van der Waals surface area contributed by atoms with E-state index in [1.807, 2.05) is 83.8 Å². The Balaban J connectivity index is 1.67. The van der Waals surface area contributed by atoms with Crippen LogP contribution in [0.3, 0.4) is 0 Å². The van der Waals surface area contributed by atoms with Crippen LogP contribution in [0.5, 0.6) is 5.75 Å². The number of hydrogen-bond donors (Lipinski definition) is 1. The molecule has 5 heteroatoms. The quantitative estimate of drug-likeness (QED) is 0.607. The lowest BCUT2D eigenvalue weighted by Crippen LogP contribution is -2.42. The van der Waals surface area contributed by atoms with Crippen LogP contribution in [0.1, 0.15) is 27.7 Å². The van der Waals surface area contributed by atoms with E-state index in [2.05, 4.69) is 5.32 Å². The van der Waals surface area contributed by atoms with Crippen molar-refractivity contribution >= 4 is 11.6 Å². The van der Waals surface area contributed by atoms with Gasteiger partial charge in [-0.15, -0.1) is 0 Å². The lowest BCUT2D eigenvalue weighted by molar-refractivity contribution is 0.0666. The van der Waals surface area contributed by atoms with E-state index in [0.29, 0.717) is 25.3 Å². The van der Waals surface area contributed by atoms with Gasteiger partial charge in [-0.25, -0.2) is 0 Å². The molecule has 5 nitrogen and oxygen atoms in total. The van der Waals surface area contributed by atoms with E-state index in [9.17, 15) is 4.79 Å². The average Bonchev–Trinajstić information content (AvgIpc) is 2.77. The monoisotopic (exact) mass is 388 g/mol. The van der Waals surface area contributed by atoms with Crippen molar-refractivity contribution in [2.24, 2.45) is 0 Å². The summed E-state index contributed by atoms with van der Waals surface area (Å²) in [5.41, 5.74) is 3.59. The second-order valence-corrected chi connectivity index (χ2v) is 6.92. The largest absolute Gasteiger partial charge is 0.491 e. The lowest BCUT2D eigenvalue weighted by atomic mass is 10.0. The van der Waals surface area contributed by atoms with Crippen LogP contribution in [0.2, 0.25) is 0 Å². The first kappa shape index (κ1) is 19.0. The first-order valence-corrected chi connectivity index (χ1v) is 9.68. The molecule has 0 bridgehead atoms. The summed E-state index contributed by atoms with van der Waals surface area (Å²) in [5.74, 6) is 0.770. The number of benzene rings is 3. The molecule has 4 rings (SSSR count). The highest BCUT2D eigenvalue weighted by atomic mass is 16.5. The molecule has 1 heterocycles. The Labute approximate surface area is 170 Å². The SMILES string of the molecule is COCCOc1cccc(C2Nc3ccccc3C(=O)N2Cc2ccccc2)c1. The van der Waals surface area contributed by atoms with Gasteiger partial charge in [0, 0.05) is 19.3 Å². The summed E-state index contributed by atoms with van der Waals surface area (Å²) >= 11 is 0. The highest BCUT2D eigenvalue weighted by Gasteiger charge is 2.32. The van der Waals surface area contributed by atoms with Gasteiger partial charge in [0.05, 0.1) is 12.2 Å². The molecule has 0 saturated carbocycles. The first-order valence-electron chi connectivity index (χ1n) is 9.68. The van der Waals surface area contributed by atoms with Gasteiger partial charge in [0.2, 0.25) is 0 Å². The van der Waals surface area contributed by atoms with Crippen LogP contribution < -0.4 is 10.1 Å². The first-order chi connectivity index (χ1) is 14.3. The van der Waals surface area contributed by atoms with Crippen molar-refractivity contribution in [3.05, 3.63) is 95.6 Å². The number of carbonyl (C=O) groups excluding carboxylic acids is 1. The Hall–Kier alpha value is -3.31. The fourth-order valence-electron chi connectivity index (χ4n) is 3.52. The molecule has 0 saturated heterocycles. The molecule has 1 atom stereocenters. The van der Waals surface area contributed by atoms with E-state index in [-0.39, 0.29) is 12.1 Å². The predicted octanol–water partition coefficient (Wildman–Crippen LogP) is 4.48. The molecule has 1 unspecified atom stereocenters. The number of rotatable bonds is 7. The Morgan fingerprint density at radius 1 is 0.931 bits per heavy atom. The number of fused-ring (bicyclic) bond motifs is 1. The minimum Gasteiger partial charge on any atom is -0.491 e. The Bertz CT molecular complexity index is 975. The number of nitrogens with zero attached hydrogens (tertiary/aromatic N) is 1. The zero-order valence-electron chi connectivity index (χ0n) is 16.4. The topological polar surface area (TPSA) is 50.8 Å². The van der Waals surface area contributed by atoms with E-state index in [1.165, 1.54) is 0 Å². The standard InChI is InChI=1S/C24H24N2O3/c1-28-14-15-29-20-11-7-10-19(16-20)23-25-22-13-6-5-12-21(22)24(27)26(23)17-18-8-3-2-4-9-18/h2-13,16,23,25H,14-15,17H2,1H3. The molecule has 148 valence electrons. The van der Waals surface area contributed by atoms with Gasteiger partial charge in [0.1, 0.15) is 18.5 Å². The number of methoxy groups -OCH3 is 1. The zero-order chi connectivity index (χ0) is 20.1. The summed E-state index contributed by atoms with van der Waals surface area (Å²) in [5, 5.41) is 3.53. The summed E-state index contributed by atoms with van der Waals surface area (Å²) in [4.78, 5) is 15.2. The lowest BCUT2D eigenvalue weighted by Gasteiger charge is -2.38. The molecular weight excluding hydrogens is 364 g/mol. The number of anilines is 1. The Kier molecular flexibility index (Phi) is 5.77. The molecule has 1 amide bonds. The van der Waals surface area contributed by atoms with Crippen molar-refractivity contribution in [2.45, 2.75) is 12.7 Å². The van der Waals surface area contributed by atoms with Crippen molar-refractivity contribution in [1.29, 1.82) is 0 Å². The minimum absolute atomic E-state index is 0.0129. The third-order valence-electron chi connectivity index (χ3n) is 4.95. The number of amides is 1. The van der Waals surface area contributed by atoms with Crippen LogP contribution in [0.4, 0.5) is 5.69 Å². The van der Waals surface area contributed by atoms with E-state index in [4.69, 9.17) is 9.47 Å². The summed E-state index contributed by atoms with van der Waals surface area (Å²) in [7, 11) is 1.65. The second kappa shape index (κ2) is 8.80. The van der Waals surface area contributed by atoms with Crippen LogP contribution in [-0.2, 0) is 11.3 Å². The normalized spacial score (nSPS) is 15.6. The minimum atomic E-state index is -0.288. The highest BCUT2D eigenvalue weighted by molar-refractivity contribution is 6.01. The van der Waals surface area contributed by atoms with Gasteiger partial charge in [0.15, 0.2) is 0 Å². The van der Waals surface area contributed by atoms with E-state index in [0.717, 1.165) is 22.6 Å². The van der Waals surface area contributed by atoms with Crippen molar-refractivity contribution in [3.63, 3.8) is 0 Å². The molecule has 0 radical (unpaired) electrons. The molecule has 3 aromatic carbocycles. The molecule has 0 fully saturated rings. The fourth-order valence-corrected chi connectivity index (χ4v) is 3.52. The molecule has 29 heavy (non-hydrogen) atoms.